The van der Waals surface area contributed by atoms with E-state index in [-0.39, 0.29) is 12.3 Å². The lowest BCUT2D eigenvalue weighted by atomic mass is 10.0. The summed E-state index contributed by atoms with van der Waals surface area (Å²) in [6.45, 7) is 4.62. The Morgan fingerprint density at radius 1 is 1.19 bits per heavy atom. The number of aromatic nitrogens is 2. The Bertz CT molecular complexity index is 979. The number of fused-ring (bicyclic) bond motifs is 1. The van der Waals surface area contributed by atoms with Crippen molar-refractivity contribution in [3.8, 4) is 0 Å². The molecular formula is C20H23N5O2. The van der Waals surface area contributed by atoms with Gasteiger partial charge in [0.2, 0.25) is 11.9 Å². The predicted molar refractivity (Wildman–Crippen MR) is 105 cm³/mol. The summed E-state index contributed by atoms with van der Waals surface area (Å²) in [5.41, 5.74) is 8.94. The molecule has 0 fully saturated rings. The van der Waals surface area contributed by atoms with Crippen LogP contribution in [0.25, 0.3) is 11.0 Å². The number of benzene rings is 2. The van der Waals surface area contributed by atoms with Gasteiger partial charge in [-0.05, 0) is 31.5 Å². The molecule has 4 N–H and O–H groups in total. The van der Waals surface area contributed by atoms with Gasteiger partial charge in [-0.1, -0.05) is 42.0 Å². The highest BCUT2D eigenvalue weighted by Crippen LogP contribution is 2.22. The molecule has 1 atom stereocenters. The van der Waals surface area contributed by atoms with Crippen LogP contribution < -0.4 is 16.4 Å². The zero-order chi connectivity index (χ0) is 19.4. The van der Waals surface area contributed by atoms with Crippen LogP contribution in [0.3, 0.4) is 0 Å². The first-order valence-electron chi connectivity index (χ1n) is 8.85. The molecule has 3 rings (SSSR count). The molecule has 0 aliphatic heterocycles. The van der Waals surface area contributed by atoms with E-state index in [9.17, 15) is 9.59 Å². The average molecular weight is 365 g/mol. The van der Waals surface area contributed by atoms with Crippen LogP contribution in [-0.2, 0) is 11.3 Å². The van der Waals surface area contributed by atoms with Crippen molar-refractivity contribution in [2.45, 2.75) is 32.9 Å². The van der Waals surface area contributed by atoms with Gasteiger partial charge in [-0.15, -0.1) is 0 Å². The second-order valence-electron chi connectivity index (χ2n) is 6.40. The molecule has 0 aliphatic carbocycles. The molecule has 3 aromatic rings. The third-order valence-electron chi connectivity index (χ3n) is 4.37. The normalized spacial score (nSPS) is 11.9. The number of nitrogens with zero attached hydrogens (tertiary/aromatic N) is 2. The second kappa shape index (κ2) is 7.90. The lowest BCUT2D eigenvalue weighted by Crippen LogP contribution is -2.35. The minimum Gasteiger partial charge on any atom is -0.352 e. The first-order chi connectivity index (χ1) is 13.0. The topological polar surface area (TPSA) is 102 Å². The smallest absolute Gasteiger partial charge is 0.312 e. The highest BCUT2D eigenvalue weighted by Gasteiger charge is 2.19. The van der Waals surface area contributed by atoms with Gasteiger partial charge in [-0.25, -0.2) is 9.78 Å². The van der Waals surface area contributed by atoms with Crippen molar-refractivity contribution in [1.29, 1.82) is 0 Å². The summed E-state index contributed by atoms with van der Waals surface area (Å²) in [4.78, 5) is 28.5. The van der Waals surface area contributed by atoms with Crippen LogP contribution >= 0.6 is 0 Å². The summed E-state index contributed by atoms with van der Waals surface area (Å²) >= 11 is 0. The number of anilines is 1. The zero-order valence-electron chi connectivity index (χ0n) is 15.4. The summed E-state index contributed by atoms with van der Waals surface area (Å²) < 4.78 is 1.94. The lowest BCUT2D eigenvalue weighted by Gasteiger charge is -2.18. The van der Waals surface area contributed by atoms with Crippen LogP contribution in [0.2, 0.25) is 0 Å². The van der Waals surface area contributed by atoms with Gasteiger partial charge >= 0.3 is 6.03 Å². The largest absolute Gasteiger partial charge is 0.352 e. The van der Waals surface area contributed by atoms with Crippen molar-refractivity contribution in [2.75, 3.05) is 5.32 Å². The number of hydrogen-bond acceptors (Lipinski definition) is 3. The standard InChI is InChI=1S/C20H23N5O2/c1-3-25-17-10-5-4-9-15(17)23-20(25)24-18(26)12-16(22-19(21)27)14-8-6-7-13(2)11-14/h4-11,16H,3,12H2,1-2H3,(H3,21,22,27)(H,23,24,26)/t16-/m0/s1. The summed E-state index contributed by atoms with van der Waals surface area (Å²) in [5.74, 6) is 0.242. The van der Waals surface area contributed by atoms with E-state index in [1.54, 1.807) is 0 Å². The fraction of sp³-hybridized carbons (Fsp3) is 0.250. The van der Waals surface area contributed by atoms with Crippen molar-refractivity contribution in [3.63, 3.8) is 0 Å². The van der Waals surface area contributed by atoms with Crippen LogP contribution in [-0.4, -0.2) is 21.5 Å². The molecule has 140 valence electrons. The van der Waals surface area contributed by atoms with E-state index < -0.39 is 12.1 Å². The number of para-hydroxylation sites is 2. The van der Waals surface area contributed by atoms with E-state index in [0.29, 0.717) is 12.5 Å². The molecule has 1 heterocycles. The van der Waals surface area contributed by atoms with Crippen molar-refractivity contribution in [3.05, 3.63) is 59.7 Å². The first kappa shape index (κ1) is 18.4. The molecule has 27 heavy (non-hydrogen) atoms. The van der Waals surface area contributed by atoms with E-state index in [1.165, 1.54) is 0 Å². The van der Waals surface area contributed by atoms with Gasteiger partial charge in [0.15, 0.2) is 0 Å². The van der Waals surface area contributed by atoms with Gasteiger partial charge in [0.1, 0.15) is 0 Å². The Balaban J connectivity index is 1.81. The Morgan fingerprint density at radius 2 is 1.96 bits per heavy atom. The minimum absolute atomic E-state index is 0.0549. The maximum atomic E-state index is 12.7. The molecule has 1 aromatic heterocycles. The number of primary amides is 1. The number of aryl methyl sites for hydroxylation is 2. The van der Waals surface area contributed by atoms with Gasteiger partial charge in [-0.3, -0.25) is 10.1 Å². The molecule has 0 radical (unpaired) electrons. The molecule has 0 spiro atoms. The quantitative estimate of drug-likeness (QED) is 0.625. The van der Waals surface area contributed by atoms with E-state index in [0.717, 1.165) is 22.2 Å². The number of carbonyl (C=O) groups is 2. The molecule has 2 aromatic carbocycles. The van der Waals surface area contributed by atoms with Crippen LogP contribution in [0.1, 0.15) is 30.5 Å². The summed E-state index contributed by atoms with van der Waals surface area (Å²) in [7, 11) is 0. The third-order valence-corrected chi connectivity index (χ3v) is 4.37. The average Bonchev–Trinajstić information content (AvgIpc) is 2.97. The maximum absolute atomic E-state index is 12.7. The van der Waals surface area contributed by atoms with Crippen molar-refractivity contribution >= 4 is 28.9 Å². The Labute approximate surface area is 157 Å². The van der Waals surface area contributed by atoms with Gasteiger partial charge in [-0.2, -0.15) is 0 Å². The number of urea groups is 1. The number of carbonyl (C=O) groups excluding carboxylic acids is 2. The van der Waals surface area contributed by atoms with Crippen molar-refractivity contribution in [1.82, 2.24) is 14.9 Å². The molecule has 0 bridgehead atoms. The van der Waals surface area contributed by atoms with E-state index in [1.807, 2.05) is 66.9 Å². The predicted octanol–water partition coefficient (Wildman–Crippen LogP) is 3.10. The number of amides is 3. The van der Waals surface area contributed by atoms with E-state index in [2.05, 4.69) is 15.6 Å². The van der Waals surface area contributed by atoms with Gasteiger partial charge in [0.05, 0.1) is 23.5 Å². The van der Waals surface area contributed by atoms with Crippen LogP contribution in [0, 0.1) is 6.92 Å². The molecule has 0 saturated carbocycles. The summed E-state index contributed by atoms with van der Waals surface area (Å²) in [5, 5.41) is 5.51. The molecule has 0 saturated heterocycles. The number of nitrogens with one attached hydrogen (secondary N) is 2. The van der Waals surface area contributed by atoms with Crippen LogP contribution in [0.15, 0.2) is 48.5 Å². The fourth-order valence-electron chi connectivity index (χ4n) is 3.16. The fourth-order valence-corrected chi connectivity index (χ4v) is 3.16. The number of nitrogens with two attached hydrogens (primary N) is 1. The molecule has 7 nitrogen and oxygen atoms in total. The van der Waals surface area contributed by atoms with Gasteiger partial charge in [0, 0.05) is 6.54 Å². The number of hydrogen-bond donors (Lipinski definition) is 3. The molecule has 0 aliphatic rings. The Kier molecular flexibility index (Phi) is 5.40. The summed E-state index contributed by atoms with van der Waals surface area (Å²) in [6.07, 6.45) is 0.0549. The molecular weight excluding hydrogens is 342 g/mol. The zero-order valence-corrected chi connectivity index (χ0v) is 15.4. The first-order valence-corrected chi connectivity index (χ1v) is 8.85. The minimum atomic E-state index is -0.671. The third kappa shape index (κ3) is 4.25. The highest BCUT2D eigenvalue weighted by atomic mass is 16.2. The van der Waals surface area contributed by atoms with Crippen molar-refractivity contribution < 1.29 is 9.59 Å². The van der Waals surface area contributed by atoms with E-state index >= 15 is 0 Å². The van der Waals surface area contributed by atoms with E-state index in [4.69, 9.17) is 5.73 Å². The SMILES string of the molecule is CCn1c(NC(=O)C[C@H](NC(N)=O)c2cccc(C)c2)nc2ccccc21. The molecule has 3 amide bonds. The highest BCUT2D eigenvalue weighted by molar-refractivity contribution is 5.92. The van der Waals surface area contributed by atoms with Gasteiger partial charge < -0.3 is 15.6 Å². The second-order valence-corrected chi connectivity index (χ2v) is 6.40. The molecule has 0 unspecified atom stereocenters. The number of rotatable bonds is 6. The van der Waals surface area contributed by atoms with Crippen LogP contribution in [0.5, 0.6) is 0 Å². The molecule has 7 heteroatoms. The van der Waals surface area contributed by atoms with Gasteiger partial charge in [0.25, 0.3) is 0 Å². The lowest BCUT2D eigenvalue weighted by molar-refractivity contribution is -0.116. The Morgan fingerprint density at radius 3 is 2.67 bits per heavy atom. The monoisotopic (exact) mass is 365 g/mol. The van der Waals surface area contributed by atoms with Crippen molar-refractivity contribution in [2.24, 2.45) is 5.73 Å². The number of imidazole rings is 1. The van der Waals surface area contributed by atoms with Crippen LogP contribution in [0.4, 0.5) is 10.7 Å². The Hall–Kier alpha value is -3.35. The summed E-state index contributed by atoms with van der Waals surface area (Å²) in [6, 6.07) is 14.2. The maximum Gasteiger partial charge on any atom is 0.312 e.